The van der Waals surface area contributed by atoms with Crippen LogP contribution in [-0.2, 0) is 19.2 Å². The number of carboxylic acids is 4. The summed E-state index contributed by atoms with van der Waals surface area (Å²) >= 11 is 0. The molecule has 0 aliphatic heterocycles. The van der Waals surface area contributed by atoms with Crippen LogP contribution in [0, 0.1) is 0 Å². The molecule has 0 rings (SSSR count). The van der Waals surface area contributed by atoms with Gasteiger partial charge in [0.2, 0.25) is 0 Å². The third-order valence-corrected chi connectivity index (χ3v) is 2.48. The predicted molar refractivity (Wildman–Crippen MR) is 92.5 cm³/mol. The Labute approximate surface area is 147 Å². The summed E-state index contributed by atoms with van der Waals surface area (Å²) in [5.41, 5.74) is 0.847. The average Bonchev–Trinajstić information content (AvgIpc) is 2.48. The smallest absolute Gasteiger partial charge is 0.330 e. The molecular weight excluding hydrogens is 332 g/mol. The first-order valence-corrected chi connectivity index (χ1v) is 7.73. The first kappa shape index (κ1) is 27.2. The van der Waals surface area contributed by atoms with Crippen molar-refractivity contribution in [3.05, 3.63) is 23.3 Å². The summed E-state index contributed by atoms with van der Waals surface area (Å²) in [7, 11) is 0. The molecule has 8 nitrogen and oxygen atoms in total. The highest BCUT2D eigenvalue weighted by Gasteiger charge is 1.99. The number of allylic oxidation sites excluding steroid dienone is 2. The maximum atomic E-state index is 10.0. The maximum Gasteiger partial charge on any atom is 0.330 e. The molecule has 0 aliphatic carbocycles. The fraction of sp³-hybridized carbons (Fsp3) is 0.529. The van der Waals surface area contributed by atoms with Crippen LogP contribution < -0.4 is 0 Å². The Balaban J connectivity index is -0.000000291. The predicted octanol–water partition coefficient (Wildman–Crippen LogP) is 3.18. The molecule has 0 bridgehead atoms. The van der Waals surface area contributed by atoms with Crippen molar-refractivity contribution in [3.63, 3.8) is 0 Å². The second kappa shape index (κ2) is 17.7. The van der Waals surface area contributed by atoms with Crippen molar-refractivity contribution in [1.29, 1.82) is 0 Å². The van der Waals surface area contributed by atoms with Crippen molar-refractivity contribution in [3.8, 4) is 0 Å². The zero-order chi connectivity index (χ0) is 20.4. The van der Waals surface area contributed by atoms with Crippen LogP contribution in [0.25, 0.3) is 0 Å². The summed E-state index contributed by atoms with van der Waals surface area (Å²) in [5, 5.41) is 32.6. The number of hydrogen-bond acceptors (Lipinski definition) is 4. The van der Waals surface area contributed by atoms with E-state index in [1.165, 1.54) is 0 Å². The molecule has 0 spiro atoms. The molecule has 0 radical (unpaired) electrons. The van der Waals surface area contributed by atoms with Crippen LogP contribution in [0.5, 0.6) is 0 Å². The Bertz CT molecular complexity index is 445. The normalized spacial score (nSPS) is 10.6. The first-order chi connectivity index (χ1) is 11.5. The number of rotatable bonds is 8. The van der Waals surface area contributed by atoms with Gasteiger partial charge >= 0.3 is 23.9 Å². The highest BCUT2D eigenvalue weighted by atomic mass is 16.4. The lowest BCUT2D eigenvalue weighted by molar-refractivity contribution is -0.139. The number of carboxylic acid groups (broad SMARTS) is 4. The average molecular weight is 360 g/mol. The van der Waals surface area contributed by atoms with Gasteiger partial charge < -0.3 is 20.4 Å². The monoisotopic (exact) mass is 360 g/mol. The molecule has 0 atom stereocenters. The van der Waals surface area contributed by atoms with E-state index < -0.39 is 23.9 Å². The lowest BCUT2D eigenvalue weighted by Gasteiger charge is -1.89. The minimum absolute atomic E-state index is 0.0632. The fourth-order valence-electron chi connectivity index (χ4n) is 1.18. The molecule has 144 valence electrons. The van der Waals surface area contributed by atoms with Crippen LogP contribution in [0.3, 0.4) is 0 Å². The number of carbonyl (C=O) groups is 4. The molecule has 0 saturated heterocycles. The van der Waals surface area contributed by atoms with Gasteiger partial charge in [-0.3, -0.25) is 9.59 Å². The maximum absolute atomic E-state index is 10.0. The van der Waals surface area contributed by atoms with Gasteiger partial charge in [0.15, 0.2) is 0 Å². The molecule has 0 aliphatic rings. The largest absolute Gasteiger partial charge is 0.481 e. The lowest BCUT2D eigenvalue weighted by atomic mass is 10.2. The van der Waals surface area contributed by atoms with Gasteiger partial charge in [-0.05, 0) is 33.1 Å². The van der Waals surface area contributed by atoms with Crippen molar-refractivity contribution >= 4 is 23.9 Å². The van der Waals surface area contributed by atoms with Gasteiger partial charge in [-0.15, -0.1) is 0 Å². The number of aliphatic carboxylic acids is 4. The third-order valence-electron chi connectivity index (χ3n) is 2.48. The summed E-state index contributed by atoms with van der Waals surface area (Å²) in [5.74, 6) is -3.55. The fourth-order valence-corrected chi connectivity index (χ4v) is 1.18. The summed E-state index contributed by atoms with van der Waals surface area (Å²) < 4.78 is 0. The van der Waals surface area contributed by atoms with E-state index in [9.17, 15) is 19.2 Å². The van der Waals surface area contributed by atoms with E-state index in [1.54, 1.807) is 26.0 Å². The first-order valence-electron chi connectivity index (χ1n) is 7.73. The van der Waals surface area contributed by atoms with Crippen LogP contribution in [0.4, 0.5) is 0 Å². The topological polar surface area (TPSA) is 149 Å². The van der Waals surface area contributed by atoms with Gasteiger partial charge in [-0.1, -0.05) is 26.0 Å². The standard InChI is InChI=1S/2C6H10O2.C5H8O4/c2*1-3-4-5(2)6(7)8;6-4(7)2-1-3-5(8)9/h2*4H,3H2,1-2H3,(H,7,8);1-3H2,(H,6,7)(H,8,9)/b2*5-4+;. The highest BCUT2D eigenvalue weighted by Crippen LogP contribution is 1.94. The molecule has 0 aromatic rings. The molecule has 25 heavy (non-hydrogen) atoms. The van der Waals surface area contributed by atoms with Crippen molar-refractivity contribution in [1.82, 2.24) is 0 Å². The van der Waals surface area contributed by atoms with Gasteiger partial charge in [0.1, 0.15) is 0 Å². The number of hydrogen-bond donors (Lipinski definition) is 4. The Morgan fingerprint density at radius 2 is 0.960 bits per heavy atom. The molecule has 0 saturated carbocycles. The van der Waals surface area contributed by atoms with E-state index >= 15 is 0 Å². The second-order valence-corrected chi connectivity index (χ2v) is 4.84. The minimum Gasteiger partial charge on any atom is -0.481 e. The summed E-state index contributed by atoms with van der Waals surface area (Å²) in [6.07, 6.45) is 5.03. The van der Waals surface area contributed by atoms with Crippen molar-refractivity contribution in [2.75, 3.05) is 0 Å². The van der Waals surface area contributed by atoms with E-state index in [4.69, 9.17) is 20.4 Å². The van der Waals surface area contributed by atoms with Gasteiger partial charge in [-0.2, -0.15) is 0 Å². The van der Waals surface area contributed by atoms with E-state index in [0.717, 1.165) is 12.8 Å². The van der Waals surface area contributed by atoms with Crippen LogP contribution >= 0.6 is 0 Å². The van der Waals surface area contributed by atoms with Crippen molar-refractivity contribution < 1.29 is 39.6 Å². The zero-order valence-electron chi connectivity index (χ0n) is 15.1. The summed E-state index contributed by atoms with van der Waals surface area (Å²) in [4.78, 5) is 39.6. The molecule has 0 fully saturated rings. The zero-order valence-corrected chi connectivity index (χ0v) is 15.1. The molecule has 8 heteroatoms. The Morgan fingerprint density at radius 3 is 1.08 bits per heavy atom. The second-order valence-electron chi connectivity index (χ2n) is 4.84. The molecule has 4 N–H and O–H groups in total. The van der Waals surface area contributed by atoms with Crippen LogP contribution in [0.2, 0.25) is 0 Å². The van der Waals surface area contributed by atoms with Crippen molar-refractivity contribution in [2.45, 2.75) is 59.8 Å². The van der Waals surface area contributed by atoms with Crippen LogP contribution in [0.15, 0.2) is 23.3 Å². The molecular formula is C17H28O8. The highest BCUT2D eigenvalue weighted by molar-refractivity contribution is 5.86. The van der Waals surface area contributed by atoms with Gasteiger partial charge in [0.25, 0.3) is 0 Å². The van der Waals surface area contributed by atoms with Crippen LogP contribution in [-0.4, -0.2) is 44.3 Å². The van der Waals surface area contributed by atoms with E-state index in [1.807, 2.05) is 13.8 Å². The SMILES string of the molecule is CC/C=C(\C)C(=O)O.CC/C=C(\C)C(=O)O.O=C(O)CCCC(=O)O. The quantitative estimate of drug-likeness (QED) is 0.482. The Morgan fingerprint density at radius 1 is 0.680 bits per heavy atom. The summed E-state index contributed by atoms with van der Waals surface area (Å²) in [6.45, 7) is 7.00. The minimum atomic E-state index is -0.948. The lowest BCUT2D eigenvalue weighted by Crippen LogP contribution is -1.98. The molecule has 0 aromatic heterocycles. The summed E-state index contributed by atoms with van der Waals surface area (Å²) in [6, 6.07) is 0. The van der Waals surface area contributed by atoms with E-state index in [2.05, 4.69) is 0 Å². The van der Waals surface area contributed by atoms with Gasteiger partial charge in [-0.25, -0.2) is 9.59 Å². The Kier molecular flexibility index (Phi) is 19.3. The van der Waals surface area contributed by atoms with Crippen LogP contribution in [0.1, 0.15) is 59.8 Å². The molecule has 0 amide bonds. The van der Waals surface area contributed by atoms with E-state index in [0.29, 0.717) is 11.1 Å². The van der Waals surface area contributed by atoms with Gasteiger partial charge in [0, 0.05) is 24.0 Å². The van der Waals surface area contributed by atoms with Gasteiger partial charge in [0.05, 0.1) is 0 Å². The molecule has 0 aromatic carbocycles. The molecule has 0 unspecified atom stereocenters. The third kappa shape index (κ3) is 26.6. The van der Waals surface area contributed by atoms with Crippen molar-refractivity contribution in [2.24, 2.45) is 0 Å². The Hall–Kier alpha value is -2.64. The molecule has 0 heterocycles. The van der Waals surface area contributed by atoms with E-state index in [-0.39, 0.29) is 19.3 Å².